The molecule has 0 saturated carbocycles. The van der Waals surface area contributed by atoms with Crippen molar-refractivity contribution in [1.82, 2.24) is 0 Å². The molecule has 2 heterocycles. The molecule has 2 atom stereocenters. The third-order valence-corrected chi connectivity index (χ3v) is 3.60. The Morgan fingerprint density at radius 1 is 1.47 bits per heavy atom. The summed E-state index contributed by atoms with van der Waals surface area (Å²) in [6, 6.07) is 5.80. The van der Waals surface area contributed by atoms with Gasteiger partial charge in [-0.15, -0.1) is 0 Å². The van der Waals surface area contributed by atoms with Gasteiger partial charge in [0.1, 0.15) is 17.1 Å². The molecule has 1 saturated heterocycles. The van der Waals surface area contributed by atoms with Crippen molar-refractivity contribution in [3.05, 3.63) is 23.8 Å². The molecule has 1 aromatic rings. The maximum absolute atomic E-state index is 6.23. The molecule has 0 aliphatic carbocycles. The minimum atomic E-state index is -0.207. The fourth-order valence-corrected chi connectivity index (χ4v) is 2.65. The van der Waals surface area contributed by atoms with Crippen molar-refractivity contribution >= 4 is 0 Å². The molecule has 4 heteroatoms. The Morgan fingerprint density at radius 2 is 2.35 bits per heavy atom. The summed E-state index contributed by atoms with van der Waals surface area (Å²) in [5.41, 5.74) is 7.06. The summed E-state index contributed by atoms with van der Waals surface area (Å²) in [5, 5.41) is 0. The van der Waals surface area contributed by atoms with E-state index in [1.54, 1.807) is 7.11 Å². The van der Waals surface area contributed by atoms with Crippen LogP contribution in [0.3, 0.4) is 0 Å². The Labute approximate surface area is 101 Å². The third-order valence-electron chi connectivity index (χ3n) is 3.60. The number of methoxy groups -OCH3 is 1. The topological polar surface area (TPSA) is 53.7 Å². The highest BCUT2D eigenvalue weighted by Gasteiger charge is 2.43. The van der Waals surface area contributed by atoms with Crippen LogP contribution >= 0.6 is 0 Å². The maximum Gasteiger partial charge on any atom is 0.136 e. The zero-order valence-electron chi connectivity index (χ0n) is 9.94. The summed E-state index contributed by atoms with van der Waals surface area (Å²) in [6.07, 6.45) is 1.74. The average molecular weight is 235 g/mol. The Morgan fingerprint density at radius 3 is 3.06 bits per heavy atom. The van der Waals surface area contributed by atoms with E-state index in [1.807, 2.05) is 18.2 Å². The molecule has 0 amide bonds. The molecular formula is C13H17NO3. The second-order valence-corrected chi connectivity index (χ2v) is 4.80. The van der Waals surface area contributed by atoms with Crippen molar-refractivity contribution in [2.45, 2.75) is 24.5 Å². The lowest BCUT2D eigenvalue weighted by Crippen LogP contribution is -2.43. The number of hydrogen-bond donors (Lipinski definition) is 1. The summed E-state index contributed by atoms with van der Waals surface area (Å²) >= 11 is 0. The smallest absolute Gasteiger partial charge is 0.136 e. The zero-order chi connectivity index (χ0) is 11.9. The van der Waals surface area contributed by atoms with Gasteiger partial charge in [0.25, 0.3) is 0 Å². The molecule has 1 fully saturated rings. The van der Waals surface area contributed by atoms with Crippen molar-refractivity contribution in [3.63, 3.8) is 0 Å². The van der Waals surface area contributed by atoms with Gasteiger partial charge in [-0.1, -0.05) is 0 Å². The van der Waals surface area contributed by atoms with Crippen LogP contribution in [0.1, 0.15) is 24.4 Å². The first-order chi connectivity index (χ1) is 8.22. The van der Waals surface area contributed by atoms with Crippen LogP contribution in [0.5, 0.6) is 11.5 Å². The molecule has 2 aliphatic heterocycles. The number of rotatable bonds is 1. The van der Waals surface area contributed by atoms with Crippen molar-refractivity contribution in [2.75, 3.05) is 20.3 Å². The fraction of sp³-hybridized carbons (Fsp3) is 0.538. The Balaban J connectivity index is 1.96. The first kappa shape index (κ1) is 10.9. The van der Waals surface area contributed by atoms with Gasteiger partial charge in [-0.05, 0) is 18.2 Å². The summed E-state index contributed by atoms with van der Waals surface area (Å²) in [6.45, 7) is 1.41. The van der Waals surface area contributed by atoms with Crippen LogP contribution in [-0.4, -0.2) is 25.9 Å². The maximum atomic E-state index is 6.23. The molecule has 1 aromatic carbocycles. The molecule has 0 aromatic heterocycles. The standard InChI is InChI=1S/C13H17NO3/c1-15-9-2-3-12-10(6-9)11(14)7-13(17-12)4-5-16-8-13/h2-3,6,11H,4-5,7-8,14H2,1H3. The molecule has 0 radical (unpaired) electrons. The molecule has 17 heavy (non-hydrogen) atoms. The van der Waals surface area contributed by atoms with Crippen LogP contribution in [0.4, 0.5) is 0 Å². The molecule has 2 N–H and O–H groups in total. The highest BCUT2D eigenvalue weighted by molar-refractivity contribution is 5.44. The van der Waals surface area contributed by atoms with Crippen LogP contribution in [0.25, 0.3) is 0 Å². The predicted molar refractivity (Wildman–Crippen MR) is 63.3 cm³/mol. The highest BCUT2D eigenvalue weighted by Crippen LogP contribution is 2.43. The number of ether oxygens (including phenoxy) is 3. The zero-order valence-corrected chi connectivity index (χ0v) is 9.94. The van der Waals surface area contributed by atoms with Gasteiger partial charge in [0.05, 0.1) is 20.3 Å². The summed E-state index contributed by atoms with van der Waals surface area (Å²) in [7, 11) is 1.66. The van der Waals surface area contributed by atoms with Gasteiger partial charge in [-0.2, -0.15) is 0 Å². The Hall–Kier alpha value is -1.26. The number of nitrogens with two attached hydrogens (primary N) is 1. The molecule has 0 bridgehead atoms. The van der Waals surface area contributed by atoms with Crippen LogP contribution in [-0.2, 0) is 4.74 Å². The van der Waals surface area contributed by atoms with E-state index in [-0.39, 0.29) is 11.6 Å². The van der Waals surface area contributed by atoms with Gasteiger partial charge < -0.3 is 19.9 Å². The minimum absolute atomic E-state index is 0.00412. The van der Waals surface area contributed by atoms with E-state index in [9.17, 15) is 0 Å². The second-order valence-electron chi connectivity index (χ2n) is 4.80. The quantitative estimate of drug-likeness (QED) is 0.804. The Kier molecular flexibility index (Phi) is 2.49. The van der Waals surface area contributed by atoms with Gasteiger partial charge in [-0.3, -0.25) is 0 Å². The lowest BCUT2D eigenvalue weighted by molar-refractivity contribution is 0.0234. The van der Waals surface area contributed by atoms with Crippen molar-refractivity contribution in [3.8, 4) is 11.5 Å². The van der Waals surface area contributed by atoms with Crippen molar-refractivity contribution in [2.24, 2.45) is 5.73 Å². The van der Waals surface area contributed by atoms with E-state index in [1.165, 1.54) is 0 Å². The largest absolute Gasteiger partial charge is 0.497 e. The van der Waals surface area contributed by atoms with Gasteiger partial charge in [0.15, 0.2) is 0 Å². The van der Waals surface area contributed by atoms with E-state index in [4.69, 9.17) is 19.9 Å². The van der Waals surface area contributed by atoms with Gasteiger partial charge in [0, 0.05) is 24.4 Å². The van der Waals surface area contributed by atoms with E-state index >= 15 is 0 Å². The van der Waals surface area contributed by atoms with E-state index in [2.05, 4.69) is 0 Å². The van der Waals surface area contributed by atoms with Crippen molar-refractivity contribution in [1.29, 1.82) is 0 Å². The van der Waals surface area contributed by atoms with Gasteiger partial charge in [-0.25, -0.2) is 0 Å². The second kappa shape index (κ2) is 3.89. The lowest BCUT2D eigenvalue weighted by atomic mass is 9.87. The minimum Gasteiger partial charge on any atom is -0.497 e. The monoisotopic (exact) mass is 235 g/mol. The van der Waals surface area contributed by atoms with E-state index in [0.717, 1.165) is 36.5 Å². The first-order valence-corrected chi connectivity index (χ1v) is 5.93. The average Bonchev–Trinajstić information content (AvgIpc) is 2.77. The molecule has 2 aliphatic rings. The number of fused-ring (bicyclic) bond motifs is 1. The van der Waals surface area contributed by atoms with Gasteiger partial charge in [0.2, 0.25) is 0 Å². The van der Waals surface area contributed by atoms with Crippen LogP contribution in [0.15, 0.2) is 18.2 Å². The molecule has 2 unspecified atom stereocenters. The van der Waals surface area contributed by atoms with Gasteiger partial charge >= 0.3 is 0 Å². The molecular weight excluding hydrogens is 218 g/mol. The first-order valence-electron chi connectivity index (χ1n) is 5.93. The predicted octanol–water partition coefficient (Wildman–Crippen LogP) is 1.64. The summed E-state index contributed by atoms with van der Waals surface area (Å²) < 4.78 is 16.7. The fourth-order valence-electron chi connectivity index (χ4n) is 2.65. The molecule has 4 nitrogen and oxygen atoms in total. The highest BCUT2D eigenvalue weighted by atomic mass is 16.6. The number of benzene rings is 1. The molecule has 3 rings (SSSR count). The molecule has 92 valence electrons. The van der Waals surface area contributed by atoms with Crippen LogP contribution in [0.2, 0.25) is 0 Å². The normalized spacial score (nSPS) is 31.1. The SMILES string of the molecule is COc1ccc2c(c1)C(N)CC1(CCOC1)O2. The summed E-state index contributed by atoms with van der Waals surface area (Å²) in [4.78, 5) is 0. The number of hydrogen-bond acceptors (Lipinski definition) is 4. The molecule has 1 spiro atoms. The Bertz CT molecular complexity index is 427. The van der Waals surface area contributed by atoms with Crippen LogP contribution < -0.4 is 15.2 Å². The summed E-state index contributed by atoms with van der Waals surface area (Å²) in [5.74, 6) is 1.69. The lowest BCUT2D eigenvalue weighted by Gasteiger charge is -2.37. The van der Waals surface area contributed by atoms with E-state index < -0.39 is 0 Å². The van der Waals surface area contributed by atoms with Crippen LogP contribution in [0, 0.1) is 0 Å². The third kappa shape index (κ3) is 1.77. The van der Waals surface area contributed by atoms with Crippen molar-refractivity contribution < 1.29 is 14.2 Å². The van der Waals surface area contributed by atoms with E-state index in [0.29, 0.717) is 6.61 Å².